The molecule has 108 valence electrons. The van der Waals surface area contributed by atoms with Gasteiger partial charge in [0, 0.05) is 23.2 Å². The number of halogens is 2. The molecule has 0 aliphatic rings. The van der Waals surface area contributed by atoms with Crippen LogP contribution in [0.25, 0.3) is 0 Å². The number of nitrogens with zero attached hydrogens (tertiary/aromatic N) is 1. The van der Waals surface area contributed by atoms with Gasteiger partial charge in [-0.3, -0.25) is 0 Å². The molecule has 0 atom stereocenters. The van der Waals surface area contributed by atoms with Gasteiger partial charge >= 0.3 is 0 Å². The average molecular weight is 353 g/mol. The van der Waals surface area contributed by atoms with Crippen LogP contribution in [0, 0.1) is 11.7 Å². The van der Waals surface area contributed by atoms with Crippen molar-refractivity contribution in [3.05, 3.63) is 22.4 Å². The molecule has 0 heterocycles. The van der Waals surface area contributed by atoms with Crippen molar-refractivity contribution in [2.75, 3.05) is 18.8 Å². The first-order chi connectivity index (χ1) is 8.70. The van der Waals surface area contributed by atoms with Crippen molar-refractivity contribution in [2.24, 2.45) is 5.92 Å². The Morgan fingerprint density at radius 3 is 2.47 bits per heavy atom. The fourth-order valence-corrected chi connectivity index (χ4v) is 3.70. The number of hydrogen-bond acceptors (Lipinski definition) is 3. The number of rotatable bonds is 5. The number of nitrogen functional groups attached to an aromatic ring is 1. The second-order valence-corrected chi connectivity index (χ2v) is 7.41. The fourth-order valence-electron chi connectivity index (χ4n) is 1.69. The van der Waals surface area contributed by atoms with Crippen molar-refractivity contribution in [2.45, 2.75) is 25.7 Å². The molecule has 19 heavy (non-hydrogen) atoms. The second-order valence-electron chi connectivity index (χ2n) is 4.65. The summed E-state index contributed by atoms with van der Waals surface area (Å²) in [6, 6.07) is 2.23. The standard InChI is InChI=1S/C12H18BrFN2O2S/c1-4-16(7-8(2)3)19(17,18)12-6-11(15)9(13)5-10(12)14/h5-6,8H,4,7,15H2,1-3H3. The van der Waals surface area contributed by atoms with Crippen LogP contribution in [0.3, 0.4) is 0 Å². The van der Waals surface area contributed by atoms with Crippen LogP contribution in [-0.2, 0) is 10.0 Å². The summed E-state index contributed by atoms with van der Waals surface area (Å²) in [5.74, 6) is -0.645. The molecule has 1 rings (SSSR count). The van der Waals surface area contributed by atoms with Crippen LogP contribution in [0.4, 0.5) is 10.1 Å². The summed E-state index contributed by atoms with van der Waals surface area (Å²) >= 11 is 3.07. The van der Waals surface area contributed by atoms with Gasteiger partial charge in [0.2, 0.25) is 10.0 Å². The molecule has 2 N–H and O–H groups in total. The minimum atomic E-state index is -3.86. The second kappa shape index (κ2) is 6.19. The molecule has 1 aromatic carbocycles. The minimum Gasteiger partial charge on any atom is -0.398 e. The van der Waals surface area contributed by atoms with E-state index in [9.17, 15) is 12.8 Å². The molecule has 0 spiro atoms. The molecule has 7 heteroatoms. The zero-order valence-electron chi connectivity index (χ0n) is 11.2. The zero-order valence-corrected chi connectivity index (χ0v) is 13.6. The smallest absolute Gasteiger partial charge is 0.246 e. The average Bonchev–Trinajstić information content (AvgIpc) is 2.30. The van der Waals surface area contributed by atoms with E-state index in [2.05, 4.69) is 15.9 Å². The Hall–Kier alpha value is -0.660. The third-order valence-electron chi connectivity index (χ3n) is 2.59. The maximum atomic E-state index is 13.9. The molecule has 0 radical (unpaired) electrons. The van der Waals surface area contributed by atoms with Crippen LogP contribution in [0.5, 0.6) is 0 Å². The lowest BCUT2D eigenvalue weighted by Gasteiger charge is -2.22. The molecule has 0 aliphatic heterocycles. The molecular formula is C12H18BrFN2O2S. The molecule has 0 bridgehead atoms. The van der Waals surface area contributed by atoms with E-state index in [1.54, 1.807) is 6.92 Å². The van der Waals surface area contributed by atoms with Crippen molar-refractivity contribution >= 4 is 31.6 Å². The third kappa shape index (κ3) is 3.67. The predicted octanol–water partition coefficient (Wildman–Crippen LogP) is 2.84. The van der Waals surface area contributed by atoms with Gasteiger partial charge in [0.15, 0.2) is 0 Å². The van der Waals surface area contributed by atoms with E-state index in [0.29, 0.717) is 11.0 Å². The van der Waals surface area contributed by atoms with Gasteiger partial charge in [-0.05, 0) is 34.0 Å². The van der Waals surface area contributed by atoms with E-state index in [1.165, 1.54) is 4.31 Å². The number of benzene rings is 1. The first kappa shape index (κ1) is 16.4. The Morgan fingerprint density at radius 2 is 2.00 bits per heavy atom. The lowest BCUT2D eigenvalue weighted by molar-refractivity contribution is 0.378. The molecule has 0 unspecified atom stereocenters. The van der Waals surface area contributed by atoms with Gasteiger partial charge in [-0.25, -0.2) is 12.8 Å². The Labute approximate surface area is 122 Å². The quantitative estimate of drug-likeness (QED) is 0.828. The fraction of sp³-hybridized carbons (Fsp3) is 0.500. The van der Waals surface area contributed by atoms with E-state index in [4.69, 9.17) is 5.73 Å². The maximum absolute atomic E-state index is 13.9. The van der Waals surface area contributed by atoms with Crippen LogP contribution in [0.1, 0.15) is 20.8 Å². The van der Waals surface area contributed by atoms with Gasteiger partial charge in [-0.2, -0.15) is 4.31 Å². The summed E-state index contributed by atoms with van der Waals surface area (Å²) < 4.78 is 40.3. The molecule has 0 fully saturated rings. The largest absolute Gasteiger partial charge is 0.398 e. The van der Waals surface area contributed by atoms with Gasteiger partial charge < -0.3 is 5.73 Å². The molecule has 0 saturated carbocycles. The maximum Gasteiger partial charge on any atom is 0.246 e. The summed E-state index contributed by atoms with van der Waals surface area (Å²) in [5, 5.41) is 0. The molecule has 0 amide bonds. The Bertz CT molecular complexity index is 561. The summed E-state index contributed by atoms with van der Waals surface area (Å²) in [5.41, 5.74) is 5.83. The van der Waals surface area contributed by atoms with Gasteiger partial charge in [-0.1, -0.05) is 20.8 Å². The number of hydrogen-bond donors (Lipinski definition) is 1. The highest BCUT2D eigenvalue weighted by Crippen LogP contribution is 2.28. The lowest BCUT2D eigenvalue weighted by Crippen LogP contribution is -2.34. The lowest BCUT2D eigenvalue weighted by atomic mass is 10.2. The number of sulfonamides is 1. The van der Waals surface area contributed by atoms with Crippen LogP contribution >= 0.6 is 15.9 Å². The molecule has 0 saturated heterocycles. The molecular weight excluding hydrogens is 335 g/mol. The highest BCUT2D eigenvalue weighted by molar-refractivity contribution is 9.10. The highest BCUT2D eigenvalue weighted by atomic mass is 79.9. The summed E-state index contributed by atoms with van der Waals surface area (Å²) in [6.07, 6.45) is 0. The van der Waals surface area contributed by atoms with E-state index in [1.807, 2.05) is 13.8 Å². The zero-order chi connectivity index (χ0) is 14.8. The highest BCUT2D eigenvalue weighted by Gasteiger charge is 2.27. The molecule has 1 aromatic rings. The predicted molar refractivity (Wildman–Crippen MR) is 77.8 cm³/mol. The minimum absolute atomic E-state index is 0.158. The van der Waals surface area contributed by atoms with Crippen LogP contribution in [-0.4, -0.2) is 25.8 Å². The SMILES string of the molecule is CCN(CC(C)C)S(=O)(=O)c1cc(N)c(Br)cc1F. The third-order valence-corrected chi connectivity index (χ3v) is 5.23. The van der Waals surface area contributed by atoms with Gasteiger partial charge in [0.05, 0.1) is 0 Å². The Balaban J connectivity index is 3.30. The molecule has 0 aliphatic carbocycles. The first-order valence-corrected chi connectivity index (χ1v) is 8.18. The first-order valence-electron chi connectivity index (χ1n) is 5.94. The van der Waals surface area contributed by atoms with Crippen molar-refractivity contribution in [3.63, 3.8) is 0 Å². The summed E-state index contributed by atoms with van der Waals surface area (Å²) in [4.78, 5) is -0.379. The monoisotopic (exact) mass is 352 g/mol. The van der Waals surface area contributed by atoms with Gasteiger partial charge in [0.1, 0.15) is 10.7 Å². The van der Waals surface area contributed by atoms with Crippen molar-refractivity contribution in [3.8, 4) is 0 Å². The van der Waals surface area contributed by atoms with Crippen molar-refractivity contribution in [1.82, 2.24) is 4.31 Å². The topological polar surface area (TPSA) is 63.4 Å². The van der Waals surface area contributed by atoms with Crippen LogP contribution in [0.15, 0.2) is 21.5 Å². The van der Waals surface area contributed by atoms with Crippen LogP contribution in [0.2, 0.25) is 0 Å². The Morgan fingerprint density at radius 1 is 1.42 bits per heavy atom. The Kier molecular flexibility index (Phi) is 5.34. The number of nitrogens with two attached hydrogens (primary N) is 1. The van der Waals surface area contributed by atoms with E-state index >= 15 is 0 Å². The van der Waals surface area contributed by atoms with E-state index in [0.717, 1.165) is 12.1 Å². The number of anilines is 1. The normalized spacial score (nSPS) is 12.4. The van der Waals surface area contributed by atoms with Gasteiger partial charge in [0.25, 0.3) is 0 Å². The van der Waals surface area contributed by atoms with Crippen molar-refractivity contribution in [1.29, 1.82) is 0 Å². The molecule has 4 nitrogen and oxygen atoms in total. The van der Waals surface area contributed by atoms with E-state index < -0.39 is 15.8 Å². The summed E-state index contributed by atoms with van der Waals surface area (Å²) in [6.45, 7) is 6.17. The molecule has 0 aromatic heterocycles. The van der Waals surface area contributed by atoms with E-state index in [-0.39, 0.29) is 23.0 Å². The van der Waals surface area contributed by atoms with Gasteiger partial charge in [-0.15, -0.1) is 0 Å². The van der Waals surface area contributed by atoms with Crippen molar-refractivity contribution < 1.29 is 12.8 Å². The summed E-state index contributed by atoms with van der Waals surface area (Å²) in [7, 11) is -3.86. The van der Waals surface area contributed by atoms with Crippen LogP contribution < -0.4 is 5.73 Å².